The van der Waals surface area contributed by atoms with Crippen molar-refractivity contribution in [2.24, 2.45) is 0 Å². The maximum atomic E-state index is 13.4. The molecule has 3 aliphatic rings. The molecule has 1 atom stereocenters. The summed E-state index contributed by atoms with van der Waals surface area (Å²) in [6.07, 6.45) is 5.96. The third-order valence-corrected chi connectivity index (χ3v) is 8.53. The average molecular weight is 619 g/mol. The molecule has 45 heavy (non-hydrogen) atoms. The lowest BCUT2D eigenvalue weighted by Crippen LogP contribution is -2.54. The van der Waals surface area contributed by atoms with Gasteiger partial charge in [-0.25, -0.2) is 9.78 Å². The van der Waals surface area contributed by atoms with E-state index in [1.165, 1.54) is 36.9 Å². The van der Waals surface area contributed by atoms with Crippen LogP contribution in [0.3, 0.4) is 0 Å². The van der Waals surface area contributed by atoms with E-state index in [-0.39, 0.29) is 5.91 Å². The van der Waals surface area contributed by atoms with Crippen molar-refractivity contribution in [2.75, 3.05) is 31.5 Å². The number of nitrogens with zero attached hydrogens (tertiary/aromatic N) is 4. The van der Waals surface area contributed by atoms with Crippen LogP contribution < -0.4 is 5.32 Å². The first-order valence-electron chi connectivity index (χ1n) is 15.0. The summed E-state index contributed by atoms with van der Waals surface area (Å²) in [5.41, 5.74) is 7.76. The fourth-order valence-corrected chi connectivity index (χ4v) is 6.33. The lowest BCUT2D eigenvalue weighted by molar-refractivity contribution is -0.192. The van der Waals surface area contributed by atoms with E-state index in [2.05, 4.69) is 61.7 Å². The number of aromatic amines is 1. The van der Waals surface area contributed by atoms with Gasteiger partial charge in [0.15, 0.2) is 0 Å². The van der Waals surface area contributed by atoms with E-state index < -0.39 is 12.1 Å². The number of benzene rings is 2. The highest BCUT2D eigenvalue weighted by Crippen LogP contribution is 2.35. The van der Waals surface area contributed by atoms with Crippen molar-refractivity contribution in [3.63, 3.8) is 0 Å². The van der Waals surface area contributed by atoms with Gasteiger partial charge in [-0.3, -0.25) is 19.7 Å². The minimum Gasteiger partial charge on any atom is -0.475 e. The number of rotatable bonds is 5. The molecule has 0 spiro atoms. The summed E-state index contributed by atoms with van der Waals surface area (Å²) in [5.74, 6) is -2.96. The Hall–Kier alpha value is -4.55. The number of nitrogens with one attached hydrogen (secondary N) is 2. The second-order valence-corrected chi connectivity index (χ2v) is 11.5. The minimum atomic E-state index is -5.08. The third kappa shape index (κ3) is 6.91. The molecule has 2 aromatic carbocycles. The van der Waals surface area contributed by atoms with Crippen LogP contribution in [0.5, 0.6) is 0 Å². The minimum absolute atomic E-state index is 0.207. The lowest BCUT2D eigenvalue weighted by atomic mass is 9.96. The number of fused-ring (bicyclic) bond motifs is 3. The third-order valence-electron chi connectivity index (χ3n) is 8.53. The highest BCUT2D eigenvalue weighted by Gasteiger charge is 2.38. The number of pyridine rings is 1. The summed E-state index contributed by atoms with van der Waals surface area (Å²) in [7, 11) is 0. The standard InChI is InChI=1S/C31H32N6O.C2HF3O2/c38-31(28-12-5-8-23(33-28)19-36-14-15-37-13-2-1-9-24(37)20-36)34-29-16-22(17-30-27(29)18-32-35-30)26-11-4-7-21-6-3-10-25(21)26;3-2(4,5)1(6)7/h3-5,7-8,10-12,16-18,24H,1-2,6,9,13-15,19-20H2,(H,32,35)(H,34,38);(H,6,7). The van der Waals surface area contributed by atoms with Crippen molar-refractivity contribution in [2.45, 2.75) is 44.4 Å². The Labute approximate surface area is 257 Å². The number of anilines is 1. The largest absolute Gasteiger partial charge is 0.490 e. The topological polar surface area (TPSA) is 114 Å². The van der Waals surface area contributed by atoms with Crippen LogP contribution in [0.25, 0.3) is 28.1 Å². The van der Waals surface area contributed by atoms with Crippen LogP contribution in [0, 0.1) is 0 Å². The number of carbonyl (C=O) groups is 2. The van der Waals surface area contributed by atoms with Crippen molar-refractivity contribution >= 4 is 34.5 Å². The van der Waals surface area contributed by atoms with Gasteiger partial charge < -0.3 is 10.4 Å². The first kappa shape index (κ1) is 30.5. The molecule has 9 nitrogen and oxygen atoms in total. The zero-order valence-electron chi connectivity index (χ0n) is 24.5. The molecule has 0 saturated carbocycles. The van der Waals surface area contributed by atoms with Gasteiger partial charge in [0, 0.05) is 37.6 Å². The summed E-state index contributed by atoms with van der Waals surface area (Å²) >= 11 is 0. The van der Waals surface area contributed by atoms with Crippen molar-refractivity contribution in [3.05, 3.63) is 83.3 Å². The number of carboxylic acids is 1. The number of carboxylic acid groups (broad SMARTS) is 1. The molecule has 0 bridgehead atoms. The van der Waals surface area contributed by atoms with E-state index in [4.69, 9.17) is 14.9 Å². The molecule has 2 aromatic heterocycles. The monoisotopic (exact) mass is 618 g/mol. The van der Waals surface area contributed by atoms with Crippen LogP contribution >= 0.6 is 0 Å². The van der Waals surface area contributed by atoms with Crippen LogP contribution in [0.4, 0.5) is 18.9 Å². The van der Waals surface area contributed by atoms with Gasteiger partial charge in [-0.15, -0.1) is 0 Å². The van der Waals surface area contributed by atoms with E-state index in [1.807, 2.05) is 18.2 Å². The molecule has 234 valence electrons. The Balaban J connectivity index is 0.000000460. The summed E-state index contributed by atoms with van der Waals surface area (Å²) < 4.78 is 31.7. The number of alkyl halides is 3. The second kappa shape index (κ2) is 12.8. The molecule has 4 heterocycles. The van der Waals surface area contributed by atoms with Crippen molar-refractivity contribution in [1.82, 2.24) is 25.0 Å². The highest BCUT2D eigenvalue weighted by atomic mass is 19.4. The van der Waals surface area contributed by atoms with Gasteiger partial charge in [-0.1, -0.05) is 42.8 Å². The SMILES string of the molecule is O=C(Nc1cc(-c2cccc3c2C=CC3)cc2[nH]ncc12)c1cccc(CN2CCN3CCCCC3C2)n1.O=C(O)C(F)(F)F. The van der Waals surface area contributed by atoms with Gasteiger partial charge in [0.25, 0.3) is 5.91 Å². The molecule has 7 rings (SSSR count). The van der Waals surface area contributed by atoms with Gasteiger partial charge in [-0.05, 0) is 72.3 Å². The van der Waals surface area contributed by atoms with Gasteiger partial charge in [0.05, 0.1) is 23.1 Å². The van der Waals surface area contributed by atoms with Crippen LogP contribution in [-0.2, 0) is 17.8 Å². The second-order valence-electron chi connectivity index (χ2n) is 11.5. The van der Waals surface area contributed by atoms with E-state index in [0.717, 1.165) is 66.0 Å². The number of aliphatic carboxylic acids is 1. The highest BCUT2D eigenvalue weighted by molar-refractivity contribution is 6.09. The predicted molar refractivity (Wildman–Crippen MR) is 165 cm³/mol. The van der Waals surface area contributed by atoms with Crippen molar-refractivity contribution < 1.29 is 27.9 Å². The lowest BCUT2D eigenvalue weighted by Gasteiger charge is -2.44. The van der Waals surface area contributed by atoms with Gasteiger partial charge in [0.1, 0.15) is 5.69 Å². The number of H-pyrrole nitrogens is 1. The zero-order valence-corrected chi connectivity index (χ0v) is 24.5. The molecule has 2 aliphatic heterocycles. The first-order valence-corrected chi connectivity index (χ1v) is 15.0. The number of piperidine rings is 1. The fraction of sp³-hybridized carbons (Fsp3) is 0.333. The summed E-state index contributed by atoms with van der Waals surface area (Å²) in [6, 6.07) is 17.0. The molecule has 3 N–H and O–H groups in total. The molecule has 2 fully saturated rings. The number of amides is 1. The van der Waals surface area contributed by atoms with E-state index in [9.17, 15) is 18.0 Å². The van der Waals surface area contributed by atoms with Gasteiger partial charge >= 0.3 is 12.1 Å². The van der Waals surface area contributed by atoms with Crippen molar-refractivity contribution in [1.29, 1.82) is 0 Å². The molecule has 4 aromatic rings. The number of carbonyl (C=O) groups excluding carboxylic acids is 1. The zero-order chi connectivity index (χ0) is 31.6. The van der Waals surface area contributed by atoms with Crippen LogP contribution in [-0.4, -0.2) is 80.4 Å². The maximum Gasteiger partial charge on any atom is 0.490 e. The Kier molecular flexibility index (Phi) is 8.68. The van der Waals surface area contributed by atoms with Crippen LogP contribution in [0.15, 0.2) is 60.8 Å². The smallest absolute Gasteiger partial charge is 0.475 e. The quantitative estimate of drug-likeness (QED) is 0.261. The average Bonchev–Trinajstić information content (AvgIpc) is 3.71. The Morgan fingerprint density at radius 3 is 2.71 bits per heavy atom. The first-order chi connectivity index (χ1) is 21.7. The van der Waals surface area contributed by atoms with E-state index in [1.54, 1.807) is 12.3 Å². The summed E-state index contributed by atoms with van der Waals surface area (Å²) in [6.45, 7) is 5.28. The predicted octanol–water partition coefficient (Wildman–Crippen LogP) is 5.75. The number of allylic oxidation sites excluding steroid dienone is 1. The molecule has 12 heteroatoms. The summed E-state index contributed by atoms with van der Waals surface area (Å²) in [5, 5.41) is 18.5. The number of hydrogen-bond donors (Lipinski definition) is 3. The van der Waals surface area contributed by atoms with Crippen molar-refractivity contribution in [3.8, 4) is 11.1 Å². The molecule has 2 saturated heterocycles. The van der Waals surface area contributed by atoms with Crippen LogP contribution in [0.1, 0.15) is 46.6 Å². The Bertz CT molecular complexity index is 1750. The number of aromatic nitrogens is 3. The fourth-order valence-electron chi connectivity index (χ4n) is 6.33. The van der Waals surface area contributed by atoms with Crippen LogP contribution in [0.2, 0.25) is 0 Å². The maximum absolute atomic E-state index is 13.4. The molecule has 1 amide bonds. The van der Waals surface area contributed by atoms with E-state index in [0.29, 0.717) is 11.7 Å². The van der Waals surface area contributed by atoms with Gasteiger partial charge in [0.2, 0.25) is 0 Å². The molecular weight excluding hydrogens is 585 g/mol. The molecule has 1 aliphatic carbocycles. The summed E-state index contributed by atoms with van der Waals surface area (Å²) in [4.78, 5) is 32.2. The van der Waals surface area contributed by atoms with Gasteiger partial charge in [-0.2, -0.15) is 18.3 Å². The number of hydrogen-bond acceptors (Lipinski definition) is 6. The Morgan fingerprint density at radius 2 is 1.89 bits per heavy atom. The molecule has 1 unspecified atom stereocenters. The normalized spacial score (nSPS) is 18.2. The van der Waals surface area contributed by atoms with E-state index >= 15 is 0 Å². The molecular formula is C33H33F3N6O3. The Morgan fingerprint density at radius 1 is 1.07 bits per heavy atom. The number of piperazine rings is 1. The molecule has 0 radical (unpaired) electrons. The number of halogens is 3.